The zero-order valence-electron chi connectivity index (χ0n) is 7.56. The Hall–Kier alpha value is 0.217. The van der Waals surface area contributed by atoms with E-state index in [-0.39, 0.29) is 8.80 Å². The lowest BCUT2D eigenvalue weighted by Gasteiger charge is -2.31. The largest absolute Gasteiger partial charge is 0.0720 e. The Balaban J connectivity index is 2.40. The van der Waals surface area contributed by atoms with E-state index in [4.69, 9.17) is 0 Å². The Bertz CT molecular complexity index is 98.9. The Morgan fingerprint density at radius 2 is 1.70 bits per heavy atom. The highest BCUT2D eigenvalue weighted by molar-refractivity contribution is 6.57. The van der Waals surface area contributed by atoms with Crippen molar-refractivity contribution in [1.29, 1.82) is 0 Å². The summed E-state index contributed by atoms with van der Waals surface area (Å²) in [5, 5.41) is 0. The van der Waals surface area contributed by atoms with Crippen LogP contribution in [0.15, 0.2) is 0 Å². The van der Waals surface area contributed by atoms with Crippen LogP contribution < -0.4 is 0 Å². The van der Waals surface area contributed by atoms with Crippen molar-refractivity contribution < 1.29 is 0 Å². The lowest BCUT2D eigenvalue weighted by molar-refractivity contribution is 0.380. The van der Waals surface area contributed by atoms with Crippen molar-refractivity contribution in [1.82, 2.24) is 0 Å². The minimum absolute atomic E-state index is 0.310. The fourth-order valence-electron chi connectivity index (χ4n) is 2.34. The van der Waals surface area contributed by atoms with Gasteiger partial charge in [-0.25, -0.2) is 0 Å². The minimum Gasteiger partial charge on any atom is -0.0720 e. The zero-order valence-corrected chi connectivity index (χ0v) is 8.72. The second kappa shape index (κ2) is 3.56. The summed E-state index contributed by atoms with van der Waals surface area (Å²) in [7, 11) is -0.310. The van der Waals surface area contributed by atoms with E-state index in [2.05, 4.69) is 20.0 Å². The lowest BCUT2D eigenvalue weighted by atomic mass is 9.90. The summed E-state index contributed by atoms with van der Waals surface area (Å²) in [6.07, 6.45) is 6.07. The van der Waals surface area contributed by atoms with Crippen LogP contribution in [-0.4, -0.2) is 8.80 Å². The Kier molecular flexibility index (Phi) is 2.96. The standard InChI is InChI=1S/C9H20Si/c1-8-6-4-5-7-9(8)10(2)3/h8-10H,4-7H2,1-3H3/t8-,9+/m1/s1. The summed E-state index contributed by atoms with van der Waals surface area (Å²) in [5.41, 5.74) is 1.16. The molecule has 0 heterocycles. The molecule has 0 aliphatic heterocycles. The molecule has 0 bridgehead atoms. The molecule has 1 saturated carbocycles. The van der Waals surface area contributed by atoms with Gasteiger partial charge in [0.25, 0.3) is 0 Å². The molecule has 2 atom stereocenters. The van der Waals surface area contributed by atoms with E-state index in [1.807, 2.05) is 0 Å². The molecule has 0 radical (unpaired) electrons. The van der Waals surface area contributed by atoms with Gasteiger partial charge in [-0.2, -0.15) is 0 Å². The summed E-state index contributed by atoms with van der Waals surface area (Å²) in [4.78, 5) is 0. The third-order valence-corrected chi connectivity index (χ3v) is 5.74. The Morgan fingerprint density at radius 1 is 1.10 bits per heavy atom. The Labute approximate surface area is 66.6 Å². The molecule has 0 amide bonds. The number of hydrogen-bond donors (Lipinski definition) is 0. The molecular weight excluding hydrogens is 136 g/mol. The maximum atomic E-state index is 2.51. The first-order valence-electron chi connectivity index (χ1n) is 4.72. The van der Waals surface area contributed by atoms with Crippen LogP contribution in [0.2, 0.25) is 18.6 Å². The topological polar surface area (TPSA) is 0 Å². The first-order valence-corrected chi connectivity index (χ1v) is 7.69. The molecule has 1 fully saturated rings. The highest BCUT2D eigenvalue weighted by Gasteiger charge is 2.23. The summed E-state index contributed by atoms with van der Waals surface area (Å²) >= 11 is 0. The van der Waals surface area contributed by atoms with E-state index in [0.29, 0.717) is 0 Å². The van der Waals surface area contributed by atoms with Crippen LogP contribution in [0.4, 0.5) is 0 Å². The molecule has 0 aromatic heterocycles. The fourth-order valence-corrected chi connectivity index (χ4v) is 4.74. The minimum atomic E-state index is -0.310. The average molecular weight is 156 g/mol. The molecule has 60 valence electrons. The molecule has 0 spiro atoms. The molecule has 0 unspecified atom stereocenters. The molecule has 0 N–H and O–H groups in total. The van der Waals surface area contributed by atoms with Crippen LogP contribution >= 0.6 is 0 Å². The van der Waals surface area contributed by atoms with E-state index in [1.54, 1.807) is 6.42 Å². The van der Waals surface area contributed by atoms with Crippen molar-refractivity contribution in [2.24, 2.45) is 5.92 Å². The van der Waals surface area contributed by atoms with Crippen molar-refractivity contribution in [2.75, 3.05) is 0 Å². The van der Waals surface area contributed by atoms with Crippen LogP contribution in [0.3, 0.4) is 0 Å². The van der Waals surface area contributed by atoms with Gasteiger partial charge < -0.3 is 0 Å². The van der Waals surface area contributed by atoms with Crippen molar-refractivity contribution in [3.63, 3.8) is 0 Å². The van der Waals surface area contributed by atoms with E-state index in [9.17, 15) is 0 Å². The first kappa shape index (κ1) is 8.31. The van der Waals surface area contributed by atoms with Crippen molar-refractivity contribution in [3.05, 3.63) is 0 Å². The van der Waals surface area contributed by atoms with Crippen molar-refractivity contribution in [2.45, 2.75) is 51.2 Å². The van der Waals surface area contributed by atoms with Gasteiger partial charge >= 0.3 is 0 Å². The SMILES string of the molecule is C[C@@H]1CCCC[C@@H]1[SiH](C)C. The van der Waals surface area contributed by atoms with E-state index in [1.165, 1.54) is 19.3 Å². The maximum absolute atomic E-state index is 2.51. The van der Waals surface area contributed by atoms with E-state index >= 15 is 0 Å². The van der Waals surface area contributed by atoms with Gasteiger partial charge in [-0.3, -0.25) is 0 Å². The van der Waals surface area contributed by atoms with Gasteiger partial charge in [0, 0.05) is 8.80 Å². The second-order valence-corrected chi connectivity index (χ2v) is 7.51. The van der Waals surface area contributed by atoms with Gasteiger partial charge in [-0.15, -0.1) is 0 Å². The average Bonchev–Trinajstić information content (AvgIpc) is 1.88. The van der Waals surface area contributed by atoms with Gasteiger partial charge in [0.1, 0.15) is 0 Å². The lowest BCUT2D eigenvalue weighted by Crippen LogP contribution is -2.22. The summed E-state index contributed by atoms with van der Waals surface area (Å²) in [6, 6.07) is 0. The molecule has 0 aromatic carbocycles. The van der Waals surface area contributed by atoms with Gasteiger partial charge in [0.05, 0.1) is 0 Å². The fraction of sp³-hybridized carbons (Fsp3) is 1.00. The normalized spacial score (nSPS) is 34.8. The zero-order chi connectivity index (χ0) is 7.56. The van der Waals surface area contributed by atoms with Gasteiger partial charge in [-0.1, -0.05) is 45.7 Å². The van der Waals surface area contributed by atoms with Crippen molar-refractivity contribution in [3.8, 4) is 0 Å². The van der Waals surface area contributed by atoms with Crippen LogP contribution in [-0.2, 0) is 0 Å². The molecular formula is C9H20Si. The summed E-state index contributed by atoms with van der Waals surface area (Å²) in [6.45, 7) is 7.47. The predicted octanol–water partition coefficient (Wildman–Crippen LogP) is 3.05. The molecule has 1 aliphatic rings. The van der Waals surface area contributed by atoms with Crippen LogP contribution in [0.25, 0.3) is 0 Å². The molecule has 1 rings (SSSR count). The highest BCUT2D eigenvalue weighted by atomic mass is 28.3. The van der Waals surface area contributed by atoms with Crippen LogP contribution in [0.1, 0.15) is 32.6 Å². The molecule has 1 heteroatoms. The Morgan fingerprint density at radius 3 is 2.10 bits per heavy atom. The molecule has 0 nitrogen and oxygen atoms in total. The molecule has 1 aliphatic carbocycles. The van der Waals surface area contributed by atoms with Gasteiger partial charge in [0.15, 0.2) is 0 Å². The summed E-state index contributed by atoms with van der Waals surface area (Å²) in [5.74, 6) is 1.06. The van der Waals surface area contributed by atoms with E-state index in [0.717, 1.165) is 11.5 Å². The smallest absolute Gasteiger partial charge is 0.0340 e. The van der Waals surface area contributed by atoms with E-state index < -0.39 is 0 Å². The third kappa shape index (κ3) is 1.85. The molecule has 0 aromatic rings. The maximum Gasteiger partial charge on any atom is 0.0340 e. The monoisotopic (exact) mass is 156 g/mol. The van der Waals surface area contributed by atoms with Crippen LogP contribution in [0.5, 0.6) is 0 Å². The second-order valence-electron chi connectivity index (χ2n) is 4.17. The third-order valence-electron chi connectivity index (χ3n) is 3.03. The molecule has 10 heavy (non-hydrogen) atoms. The number of hydrogen-bond acceptors (Lipinski definition) is 0. The quantitative estimate of drug-likeness (QED) is 0.512. The highest BCUT2D eigenvalue weighted by Crippen LogP contribution is 2.36. The van der Waals surface area contributed by atoms with Gasteiger partial charge in [-0.05, 0) is 11.5 Å². The molecule has 0 saturated heterocycles. The summed E-state index contributed by atoms with van der Waals surface area (Å²) < 4.78 is 0. The van der Waals surface area contributed by atoms with Crippen LogP contribution in [0, 0.1) is 5.92 Å². The van der Waals surface area contributed by atoms with Crippen molar-refractivity contribution >= 4 is 8.80 Å². The van der Waals surface area contributed by atoms with Gasteiger partial charge in [0.2, 0.25) is 0 Å². The number of rotatable bonds is 1. The first-order chi connectivity index (χ1) is 4.72. The predicted molar refractivity (Wildman–Crippen MR) is 50.3 cm³/mol.